The monoisotopic (exact) mass is 302 g/mol. The fraction of sp³-hybridized carbons (Fsp3) is 0.417. The van der Waals surface area contributed by atoms with Crippen LogP contribution in [0.25, 0.3) is 0 Å². The van der Waals surface area contributed by atoms with E-state index in [1.807, 2.05) is 0 Å². The number of halogens is 1. The summed E-state index contributed by atoms with van der Waals surface area (Å²) in [6.45, 7) is 1.17. The molecule has 8 heteroatoms. The zero-order chi connectivity index (χ0) is 14.1. The first-order valence-corrected chi connectivity index (χ1v) is 6.09. The Hall–Kier alpha value is -1.86. The zero-order valence-electron chi connectivity index (χ0n) is 11.0. The molecular weight excluding hydrogens is 284 g/mol. The SMILES string of the molecule is Cl.NCCCCNC(=O)CNc1ccccc1[N+](=O)[O-]. The summed E-state index contributed by atoms with van der Waals surface area (Å²) in [5.41, 5.74) is 5.63. The summed E-state index contributed by atoms with van der Waals surface area (Å²) >= 11 is 0. The van der Waals surface area contributed by atoms with Crippen molar-refractivity contribution in [2.24, 2.45) is 5.73 Å². The molecule has 0 saturated carbocycles. The van der Waals surface area contributed by atoms with Gasteiger partial charge in [-0.05, 0) is 25.5 Å². The van der Waals surface area contributed by atoms with E-state index in [0.29, 0.717) is 18.8 Å². The van der Waals surface area contributed by atoms with E-state index in [4.69, 9.17) is 5.73 Å². The minimum Gasteiger partial charge on any atom is -0.371 e. The van der Waals surface area contributed by atoms with Crippen LogP contribution in [0.15, 0.2) is 24.3 Å². The van der Waals surface area contributed by atoms with E-state index in [1.165, 1.54) is 6.07 Å². The molecule has 0 heterocycles. The number of nitrogens with one attached hydrogen (secondary N) is 2. The summed E-state index contributed by atoms with van der Waals surface area (Å²) in [7, 11) is 0. The van der Waals surface area contributed by atoms with Gasteiger partial charge in [0.25, 0.3) is 5.69 Å². The van der Waals surface area contributed by atoms with Gasteiger partial charge in [-0.2, -0.15) is 0 Å². The number of rotatable bonds is 8. The van der Waals surface area contributed by atoms with Crippen molar-refractivity contribution < 1.29 is 9.72 Å². The predicted octanol–water partition coefficient (Wildman–Crippen LogP) is 1.28. The smallest absolute Gasteiger partial charge is 0.292 e. The number of para-hydroxylation sites is 2. The molecule has 1 amide bonds. The highest BCUT2D eigenvalue weighted by Crippen LogP contribution is 2.22. The summed E-state index contributed by atoms with van der Waals surface area (Å²) in [4.78, 5) is 21.8. The second kappa shape index (κ2) is 9.99. The van der Waals surface area contributed by atoms with Crippen molar-refractivity contribution in [3.8, 4) is 0 Å². The average Bonchev–Trinajstić information content (AvgIpc) is 2.41. The van der Waals surface area contributed by atoms with Gasteiger partial charge in [-0.15, -0.1) is 12.4 Å². The van der Waals surface area contributed by atoms with Crippen molar-refractivity contribution in [1.82, 2.24) is 5.32 Å². The third-order valence-corrected chi connectivity index (χ3v) is 2.49. The van der Waals surface area contributed by atoms with Crippen LogP contribution in [-0.2, 0) is 4.79 Å². The van der Waals surface area contributed by atoms with Crippen LogP contribution in [0.4, 0.5) is 11.4 Å². The fourth-order valence-electron chi connectivity index (χ4n) is 1.52. The molecule has 0 aliphatic heterocycles. The minimum absolute atomic E-state index is 0. The molecule has 0 radical (unpaired) electrons. The van der Waals surface area contributed by atoms with Gasteiger partial charge in [0.15, 0.2) is 0 Å². The molecule has 1 aromatic carbocycles. The third kappa shape index (κ3) is 6.35. The normalized spacial score (nSPS) is 9.45. The topological polar surface area (TPSA) is 110 Å². The molecule has 7 nitrogen and oxygen atoms in total. The lowest BCUT2D eigenvalue weighted by atomic mass is 10.2. The van der Waals surface area contributed by atoms with Gasteiger partial charge in [0.05, 0.1) is 11.5 Å². The number of anilines is 1. The molecule has 4 N–H and O–H groups in total. The number of unbranched alkanes of at least 4 members (excludes halogenated alkanes) is 1. The van der Waals surface area contributed by atoms with Crippen LogP contribution in [0.2, 0.25) is 0 Å². The van der Waals surface area contributed by atoms with Crippen LogP contribution >= 0.6 is 12.4 Å². The largest absolute Gasteiger partial charge is 0.371 e. The fourth-order valence-corrected chi connectivity index (χ4v) is 1.52. The van der Waals surface area contributed by atoms with E-state index in [1.54, 1.807) is 18.2 Å². The Bertz CT molecular complexity index is 442. The molecule has 0 aliphatic carbocycles. The quantitative estimate of drug-likeness (QED) is 0.381. The lowest BCUT2D eigenvalue weighted by Crippen LogP contribution is -2.30. The lowest BCUT2D eigenvalue weighted by Gasteiger charge is -2.07. The van der Waals surface area contributed by atoms with Crippen molar-refractivity contribution in [3.05, 3.63) is 34.4 Å². The Morgan fingerprint density at radius 3 is 2.65 bits per heavy atom. The minimum atomic E-state index is -0.485. The number of nitro groups is 1. The van der Waals surface area contributed by atoms with Crippen molar-refractivity contribution in [1.29, 1.82) is 0 Å². The third-order valence-electron chi connectivity index (χ3n) is 2.49. The van der Waals surface area contributed by atoms with E-state index < -0.39 is 4.92 Å². The van der Waals surface area contributed by atoms with Gasteiger partial charge >= 0.3 is 0 Å². The Balaban J connectivity index is 0.00000361. The van der Waals surface area contributed by atoms with Gasteiger partial charge in [0.1, 0.15) is 5.69 Å². The van der Waals surface area contributed by atoms with Gasteiger partial charge in [-0.3, -0.25) is 14.9 Å². The second-order valence-corrected chi connectivity index (χ2v) is 3.97. The first-order valence-electron chi connectivity index (χ1n) is 6.09. The van der Waals surface area contributed by atoms with Crippen molar-refractivity contribution in [2.75, 3.05) is 25.0 Å². The Morgan fingerprint density at radius 1 is 1.30 bits per heavy atom. The van der Waals surface area contributed by atoms with E-state index in [-0.39, 0.29) is 30.5 Å². The molecule has 112 valence electrons. The molecule has 0 atom stereocenters. The number of carbonyl (C=O) groups is 1. The maximum atomic E-state index is 11.5. The highest BCUT2D eigenvalue weighted by atomic mass is 35.5. The number of carbonyl (C=O) groups excluding carboxylic acids is 1. The first kappa shape index (κ1) is 18.1. The van der Waals surface area contributed by atoms with Crippen LogP contribution in [0, 0.1) is 10.1 Å². The van der Waals surface area contributed by atoms with Gasteiger partial charge in [-0.1, -0.05) is 12.1 Å². The number of hydrogen-bond acceptors (Lipinski definition) is 5. The second-order valence-electron chi connectivity index (χ2n) is 3.97. The maximum absolute atomic E-state index is 11.5. The highest BCUT2D eigenvalue weighted by molar-refractivity contribution is 5.85. The van der Waals surface area contributed by atoms with Crippen molar-refractivity contribution >= 4 is 29.7 Å². The van der Waals surface area contributed by atoms with Crippen LogP contribution in [-0.4, -0.2) is 30.5 Å². The standard InChI is InChI=1S/C12H18N4O3.ClH/c13-7-3-4-8-14-12(17)9-15-10-5-1-2-6-11(10)16(18)19;/h1-2,5-6,15H,3-4,7-9,13H2,(H,14,17);1H. The first-order chi connectivity index (χ1) is 9.15. The highest BCUT2D eigenvalue weighted by Gasteiger charge is 2.12. The number of nitrogens with zero attached hydrogens (tertiary/aromatic N) is 1. The van der Waals surface area contributed by atoms with Crippen molar-refractivity contribution in [2.45, 2.75) is 12.8 Å². The summed E-state index contributed by atoms with van der Waals surface area (Å²) < 4.78 is 0. The Morgan fingerprint density at radius 2 is 2.00 bits per heavy atom. The molecule has 0 spiro atoms. The maximum Gasteiger partial charge on any atom is 0.292 e. The van der Waals surface area contributed by atoms with E-state index in [0.717, 1.165) is 12.8 Å². The number of benzene rings is 1. The summed E-state index contributed by atoms with van der Waals surface area (Å²) in [6, 6.07) is 6.21. The van der Waals surface area contributed by atoms with Gasteiger partial charge in [-0.25, -0.2) is 0 Å². The van der Waals surface area contributed by atoms with Crippen LogP contribution in [0.3, 0.4) is 0 Å². The lowest BCUT2D eigenvalue weighted by molar-refractivity contribution is -0.383. The van der Waals surface area contributed by atoms with Crippen LogP contribution in [0.1, 0.15) is 12.8 Å². The summed E-state index contributed by atoms with van der Waals surface area (Å²) in [6.07, 6.45) is 1.69. The summed E-state index contributed by atoms with van der Waals surface area (Å²) in [5.74, 6) is -0.199. The van der Waals surface area contributed by atoms with Gasteiger partial charge in [0.2, 0.25) is 5.91 Å². The van der Waals surface area contributed by atoms with Gasteiger partial charge in [0, 0.05) is 12.6 Å². The van der Waals surface area contributed by atoms with E-state index in [9.17, 15) is 14.9 Å². The molecule has 20 heavy (non-hydrogen) atoms. The average molecular weight is 303 g/mol. The number of nitro benzene ring substituents is 1. The molecule has 0 aromatic heterocycles. The van der Waals surface area contributed by atoms with Gasteiger partial charge < -0.3 is 16.4 Å². The molecule has 1 rings (SSSR count). The molecule has 0 bridgehead atoms. The number of nitrogens with two attached hydrogens (primary N) is 1. The van der Waals surface area contributed by atoms with Crippen LogP contribution < -0.4 is 16.4 Å². The van der Waals surface area contributed by atoms with Crippen molar-refractivity contribution in [3.63, 3.8) is 0 Å². The molecule has 1 aromatic rings. The predicted molar refractivity (Wildman–Crippen MR) is 80.1 cm³/mol. The molecule has 0 fully saturated rings. The molecule has 0 unspecified atom stereocenters. The molecular formula is C12H19ClN4O3. The van der Waals surface area contributed by atoms with E-state index >= 15 is 0 Å². The van der Waals surface area contributed by atoms with Crippen LogP contribution in [0.5, 0.6) is 0 Å². The Kier molecular flexibility index (Phi) is 9.06. The van der Waals surface area contributed by atoms with E-state index in [2.05, 4.69) is 10.6 Å². The number of amides is 1. The summed E-state index contributed by atoms with van der Waals surface area (Å²) in [5, 5.41) is 16.2. The molecule has 0 saturated heterocycles. The molecule has 0 aliphatic rings. The zero-order valence-corrected chi connectivity index (χ0v) is 11.8. The number of hydrogen-bond donors (Lipinski definition) is 3. The Labute approximate surface area is 123 Å².